The molecule has 0 heterocycles. The molecule has 0 aromatic carbocycles. The average Bonchev–Trinajstić information content (AvgIpc) is 3.19. The zero-order chi connectivity index (χ0) is 40.8. The van der Waals surface area contributed by atoms with Gasteiger partial charge in [-0.15, -0.1) is 0 Å². The first kappa shape index (κ1) is 52.1. The molecule has 0 aliphatic heterocycles. The summed E-state index contributed by atoms with van der Waals surface area (Å²) in [5.41, 5.74) is 0. The van der Waals surface area contributed by atoms with Gasteiger partial charge < -0.3 is 14.2 Å². The van der Waals surface area contributed by atoms with Crippen molar-refractivity contribution >= 4 is 17.9 Å². The summed E-state index contributed by atoms with van der Waals surface area (Å²) in [6, 6.07) is 0. The third-order valence-corrected chi connectivity index (χ3v) is 8.49. The quantitative estimate of drug-likeness (QED) is 0.0271. The summed E-state index contributed by atoms with van der Waals surface area (Å²) < 4.78 is 16.5. The average molecular weight is 775 g/mol. The third kappa shape index (κ3) is 41.2. The molecule has 0 amide bonds. The summed E-state index contributed by atoms with van der Waals surface area (Å²) >= 11 is 0. The van der Waals surface area contributed by atoms with Gasteiger partial charge >= 0.3 is 17.9 Å². The van der Waals surface area contributed by atoms with E-state index in [0.717, 1.165) is 83.5 Å². The molecule has 0 aromatic heterocycles. The van der Waals surface area contributed by atoms with Gasteiger partial charge in [0.15, 0.2) is 6.10 Å². The normalized spacial score (nSPS) is 13.1. The number of unbranched alkanes of at least 4 members (excludes halogenated alkanes) is 8. The van der Waals surface area contributed by atoms with Crippen molar-refractivity contribution in [2.75, 3.05) is 13.2 Å². The molecule has 0 fully saturated rings. The third-order valence-electron chi connectivity index (χ3n) is 8.49. The second kappa shape index (κ2) is 43.8. The number of carbonyl (C=O) groups is 3. The Balaban J connectivity index is 4.55. The fourth-order valence-electron chi connectivity index (χ4n) is 5.25. The lowest BCUT2D eigenvalue weighted by Gasteiger charge is -2.18. The van der Waals surface area contributed by atoms with Gasteiger partial charge in [-0.1, -0.05) is 143 Å². The van der Waals surface area contributed by atoms with Crippen molar-refractivity contribution < 1.29 is 28.6 Å². The Morgan fingerprint density at radius 1 is 0.375 bits per heavy atom. The van der Waals surface area contributed by atoms with E-state index in [4.69, 9.17) is 14.2 Å². The topological polar surface area (TPSA) is 78.9 Å². The smallest absolute Gasteiger partial charge is 0.306 e. The van der Waals surface area contributed by atoms with Crippen molar-refractivity contribution in [3.05, 3.63) is 109 Å². The Kier molecular flexibility index (Phi) is 40.7. The molecule has 0 aromatic rings. The molecule has 0 N–H and O–H groups in total. The minimum atomic E-state index is -0.832. The Morgan fingerprint density at radius 2 is 0.696 bits per heavy atom. The van der Waals surface area contributed by atoms with Crippen molar-refractivity contribution in [2.24, 2.45) is 0 Å². The first-order chi connectivity index (χ1) is 27.5. The van der Waals surface area contributed by atoms with Gasteiger partial charge in [0, 0.05) is 19.3 Å². The maximum atomic E-state index is 12.7. The summed E-state index contributed by atoms with van der Waals surface area (Å²) in [5, 5.41) is 0. The predicted molar refractivity (Wildman–Crippen MR) is 237 cm³/mol. The Morgan fingerprint density at radius 3 is 1.09 bits per heavy atom. The van der Waals surface area contributed by atoms with Crippen molar-refractivity contribution in [1.29, 1.82) is 0 Å². The highest BCUT2D eigenvalue weighted by atomic mass is 16.6. The Hall–Kier alpha value is -3.93. The number of ether oxygens (including phenoxy) is 3. The standard InChI is InChI=1S/C50H78O6/c1-4-7-10-13-16-19-21-23-24-25-26-27-29-31-34-37-40-43-49(52)55-46-47(45-54-48(51)42-39-36-33-30-18-15-12-9-6-3)56-50(53)44-41-38-35-32-28-22-20-17-14-11-8-5-2/h8-9,11-12,16-20,23-24,26-28,30-32,34,47H,4-7,10,13-15,21-22,25,29,33,35-46H2,1-3H3/b11-8-,12-9-,19-16-,20-17-,24-23-,27-26-,30-18-,32-28-,34-31-. The summed E-state index contributed by atoms with van der Waals surface area (Å²) in [6.07, 6.45) is 58.1. The van der Waals surface area contributed by atoms with Crippen LogP contribution in [0.3, 0.4) is 0 Å². The maximum Gasteiger partial charge on any atom is 0.306 e. The number of esters is 3. The highest BCUT2D eigenvalue weighted by Gasteiger charge is 2.19. The van der Waals surface area contributed by atoms with Gasteiger partial charge in [-0.3, -0.25) is 14.4 Å². The molecule has 0 radical (unpaired) electrons. The maximum absolute atomic E-state index is 12.7. The van der Waals surface area contributed by atoms with Gasteiger partial charge in [-0.2, -0.15) is 0 Å². The van der Waals surface area contributed by atoms with E-state index in [1.807, 2.05) is 0 Å². The number of hydrogen-bond donors (Lipinski definition) is 0. The van der Waals surface area contributed by atoms with E-state index in [0.29, 0.717) is 25.7 Å². The Labute approximate surface area is 342 Å². The highest BCUT2D eigenvalue weighted by molar-refractivity contribution is 5.71. The largest absolute Gasteiger partial charge is 0.462 e. The van der Waals surface area contributed by atoms with Crippen LogP contribution < -0.4 is 0 Å². The molecule has 0 saturated carbocycles. The molecule has 0 bridgehead atoms. The second-order valence-corrected chi connectivity index (χ2v) is 13.8. The fourth-order valence-corrected chi connectivity index (χ4v) is 5.25. The van der Waals surface area contributed by atoms with Gasteiger partial charge in [0.2, 0.25) is 0 Å². The number of hydrogen-bond acceptors (Lipinski definition) is 6. The first-order valence-corrected chi connectivity index (χ1v) is 21.9. The summed E-state index contributed by atoms with van der Waals surface area (Å²) in [5.74, 6) is -1.08. The van der Waals surface area contributed by atoms with Gasteiger partial charge in [-0.25, -0.2) is 0 Å². The van der Waals surface area contributed by atoms with Crippen LogP contribution in [-0.2, 0) is 28.6 Å². The molecule has 1 unspecified atom stereocenters. The molecule has 314 valence electrons. The van der Waals surface area contributed by atoms with E-state index in [1.54, 1.807) is 0 Å². The Bertz CT molecular complexity index is 1210. The van der Waals surface area contributed by atoms with Crippen LogP contribution in [0.15, 0.2) is 109 Å². The van der Waals surface area contributed by atoms with Crippen LogP contribution in [0.1, 0.15) is 168 Å². The summed E-state index contributed by atoms with van der Waals surface area (Å²) in [7, 11) is 0. The molecule has 0 rings (SSSR count). The number of rotatable bonds is 37. The molecule has 0 aliphatic rings. The molecule has 6 heteroatoms. The van der Waals surface area contributed by atoms with Crippen LogP contribution in [0.5, 0.6) is 0 Å². The minimum Gasteiger partial charge on any atom is -0.462 e. The van der Waals surface area contributed by atoms with Gasteiger partial charge in [0.1, 0.15) is 13.2 Å². The van der Waals surface area contributed by atoms with Crippen LogP contribution in [0.25, 0.3) is 0 Å². The first-order valence-electron chi connectivity index (χ1n) is 21.9. The van der Waals surface area contributed by atoms with E-state index < -0.39 is 6.10 Å². The molecule has 0 saturated heterocycles. The predicted octanol–water partition coefficient (Wildman–Crippen LogP) is 14.0. The zero-order valence-corrected chi connectivity index (χ0v) is 35.6. The van der Waals surface area contributed by atoms with Crippen molar-refractivity contribution in [3.8, 4) is 0 Å². The fraction of sp³-hybridized carbons (Fsp3) is 0.580. The van der Waals surface area contributed by atoms with Crippen LogP contribution in [0, 0.1) is 0 Å². The molecule has 0 aliphatic carbocycles. The molecule has 56 heavy (non-hydrogen) atoms. The molecule has 1 atom stereocenters. The highest BCUT2D eigenvalue weighted by Crippen LogP contribution is 2.09. The number of allylic oxidation sites excluding steroid dienone is 18. The van der Waals surface area contributed by atoms with Crippen molar-refractivity contribution in [3.63, 3.8) is 0 Å². The molecular weight excluding hydrogens is 697 g/mol. The second-order valence-electron chi connectivity index (χ2n) is 13.8. The molecular formula is C50H78O6. The lowest BCUT2D eigenvalue weighted by atomic mass is 10.2. The van der Waals surface area contributed by atoms with Gasteiger partial charge in [0.25, 0.3) is 0 Å². The molecule has 6 nitrogen and oxygen atoms in total. The van der Waals surface area contributed by atoms with Gasteiger partial charge in [0.05, 0.1) is 0 Å². The van der Waals surface area contributed by atoms with Crippen LogP contribution in [-0.4, -0.2) is 37.2 Å². The number of carbonyl (C=O) groups excluding carboxylic acids is 3. The van der Waals surface area contributed by atoms with Gasteiger partial charge in [-0.05, 0) is 116 Å². The van der Waals surface area contributed by atoms with E-state index in [1.165, 1.54) is 25.7 Å². The van der Waals surface area contributed by atoms with E-state index in [2.05, 4.69) is 130 Å². The minimum absolute atomic E-state index is 0.131. The van der Waals surface area contributed by atoms with Crippen LogP contribution >= 0.6 is 0 Å². The van der Waals surface area contributed by atoms with Crippen molar-refractivity contribution in [2.45, 2.75) is 175 Å². The summed E-state index contributed by atoms with van der Waals surface area (Å²) in [4.78, 5) is 37.6. The SMILES string of the molecule is CC/C=C\C/C=C\C/C=C\CCCCC(=O)OC(COC(=O)CCC/C=C\C/C=C\C/C=C\C/C=C\CCCCC)COC(=O)CCCC/C=C\C/C=C\CC. The molecule has 0 spiro atoms. The van der Waals surface area contributed by atoms with E-state index >= 15 is 0 Å². The van der Waals surface area contributed by atoms with Crippen LogP contribution in [0.4, 0.5) is 0 Å². The lowest BCUT2D eigenvalue weighted by Crippen LogP contribution is -2.30. The van der Waals surface area contributed by atoms with Crippen molar-refractivity contribution in [1.82, 2.24) is 0 Å². The van der Waals surface area contributed by atoms with E-state index in [-0.39, 0.29) is 44.0 Å². The summed E-state index contributed by atoms with van der Waals surface area (Å²) in [6.45, 7) is 6.21. The van der Waals surface area contributed by atoms with E-state index in [9.17, 15) is 14.4 Å². The zero-order valence-electron chi connectivity index (χ0n) is 35.6. The monoisotopic (exact) mass is 775 g/mol. The lowest BCUT2D eigenvalue weighted by molar-refractivity contribution is -0.167. The van der Waals surface area contributed by atoms with Crippen LogP contribution in [0.2, 0.25) is 0 Å².